The topological polar surface area (TPSA) is 37.4 Å². The molecule has 0 spiro atoms. The second-order valence-electron chi connectivity index (χ2n) is 4.65. The van der Waals surface area contributed by atoms with Gasteiger partial charge in [-0.2, -0.15) is 0 Å². The first-order chi connectivity index (χ1) is 8.88. The molecule has 100 valence electrons. The summed E-state index contributed by atoms with van der Waals surface area (Å²) >= 11 is 0. The fourth-order valence-electron chi connectivity index (χ4n) is 2.11. The Labute approximate surface area is 109 Å². The average Bonchev–Trinajstić information content (AvgIpc) is 2.45. The number of hydrogen-bond acceptors (Lipinski definition) is 4. The van der Waals surface area contributed by atoms with Crippen LogP contribution in [0, 0.1) is 0 Å². The number of rotatable bonds is 6. The van der Waals surface area contributed by atoms with Crippen LogP contribution in [0.3, 0.4) is 0 Å². The van der Waals surface area contributed by atoms with Crippen LogP contribution in [-0.4, -0.2) is 49.2 Å². The Hall–Kier alpha value is -1.13. The summed E-state index contributed by atoms with van der Waals surface area (Å²) in [5.41, 5.74) is 1.25. The van der Waals surface area contributed by atoms with Crippen molar-refractivity contribution in [3.8, 4) is 5.88 Å². The molecule has 0 aromatic carbocycles. The number of pyridine rings is 1. The Morgan fingerprint density at radius 3 is 2.83 bits per heavy atom. The second-order valence-corrected chi connectivity index (χ2v) is 4.65. The first-order valence-electron chi connectivity index (χ1n) is 6.89. The summed E-state index contributed by atoms with van der Waals surface area (Å²) in [4.78, 5) is 6.77. The summed E-state index contributed by atoms with van der Waals surface area (Å²) in [5, 5.41) is 3.36. The van der Waals surface area contributed by atoms with Crippen LogP contribution in [0.25, 0.3) is 0 Å². The van der Waals surface area contributed by atoms with Crippen molar-refractivity contribution in [2.45, 2.75) is 19.8 Å². The van der Waals surface area contributed by atoms with Gasteiger partial charge in [-0.3, -0.25) is 0 Å². The average molecular weight is 249 g/mol. The molecule has 1 aromatic rings. The second kappa shape index (κ2) is 7.34. The molecule has 4 heteroatoms. The minimum absolute atomic E-state index is 0.743. The lowest BCUT2D eigenvalue weighted by atomic mass is 10.2. The van der Waals surface area contributed by atoms with Crippen molar-refractivity contribution in [2.24, 2.45) is 0 Å². The van der Waals surface area contributed by atoms with Gasteiger partial charge in [0.25, 0.3) is 0 Å². The van der Waals surface area contributed by atoms with Gasteiger partial charge in [-0.05, 0) is 18.4 Å². The molecule has 1 saturated heterocycles. The molecular formula is C14H23N3O. The van der Waals surface area contributed by atoms with Crippen LogP contribution in [0.15, 0.2) is 18.3 Å². The maximum Gasteiger partial charge on any atom is 0.213 e. The minimum atomic E-state index is 0.743. The van der Waals surface area contributed by atoms with Gasteiger partial charge < -0.3 is 15.0 Å². The smallest absolute Gasteiger partial charge is 0.213 e. The minimum Gasteiger partial charge on any atom is -0.478 e. The van der Waals surface area contributed by atoms with E-state index in [9.17, 15) is 0 Å². The SMILES string of the molecule is CCc1ccc(OCCCN2CCNCC2)nc1. The number of ether oxygens (including phenoxy) is 1. The van der Waals surface area contributed by atoms with E-state index < -0.39 is 0 Å². The summed E-state index contributed by atoms with van der Waals surface area (Å²) in [6, 6.07) is 4.04. The van der Waals surface area contributed by atoms with E-state index in [4.69, 9.17) is 4.74 Å². The van der Waals surface area contributed by atoms with Crippen LogP contribution < -0.4 is 10.1 Å². The lowest BCUT2D eigenvalue weighted by molar-refractivity contribution is 0.211. The highest BCUT2D eigenvalue weighted by molar-refractivity contribution is 5.17. The summed E-state index contributed by atoms with van der Waals surface area (Å²) < 4.78 is 5.64. The number of aromatic nitrogens is 1. The monoisotopic (exact) mass is 249 g/mol. The molecule has 1 N–H and O–H groups in total. The van der Waals surface area contributed by atoms with E-state index in [1.807, 2.05) is 12.3 Å². The predicted octanol–water partition coefficient (Wildman–Crippen LogP) is 1.32. The van der Waals surface area contributed by atoms with E-state index in [0.29, 0.717) is 0 Å². The highest BCUT2D eigenvalue weighted by Gasteiger charge is 2.08. The molecule has 0 amide bonds. The van der Waals surface area contributed by atoms with Crippen molar-refractivity contribution in [1.29, 1.82) is 0 Å². The predicted molar refractivity (Wildman–Crippen MR) is 73.0 cm³/mol. The molecule has 0 saturated carbocycles. The van der Waals surface area contributed by atoms with Crippen LogP contribution in [0.1, 0.15) is 18.9 Å². The Morgan fingerprint density at radius 1 is 1.33 bits per heavy atom. The molecule has 4 nitrogen and oxygen atoms in total. The third-order valence-corrected chi connectivity index (χ3v) is 3.28. The molecule has 1 aliphatic rings. The summed E-state index contributed by atoms with van der Waals surface area (Å²) in [6.45, 7) is 8.54. The van der Waals surface area contributed by atoms with Crippen LogP contribution >= 0.6 is 0 Å². The highest BCUT2D eigenvalue weighted by Crippen LogP contribution is 2.08. The largest absolute Gasteiger partial charge is 0.478 e. The molecule has 2 rings (SSSR count). The van der Waals surface area contributed by atoms with Crippen molar-refractivity contribution in [1.82, 2.24) is 15.2 Å². The molecule has 2 heterocycles. The molecule has 0 aliphatic carbocycles. The van der Waals surface area contributed by atoms with Gasteiger partial charge >= 0.3 is 0 Å². The molecule has 1 aliphatic heterocycles. The van der Waals surface area contributed by atoms with E-state index >= 15 is 0 Å². The van der Waals surface area contributed by atoms with E-state index in [2.05, 4.69) is 28.2 Å². The summed E-state index contributed by atoms with van der Waals surface area (Å²) in [5.74, 6) is 0.743. The maximum atomic E-state index is 5.64. The fourth-order valence-corrected chi connectivity index (χ4v) is 2.11. The lowest BCUT2D eigenvalue weighted by Gasteiger charge is -2.26. The van der Waals surface area contributed by atoms with Gasteiger partial charge in [0, 0.05) is 45.0 Å². The Balaban J connectivity index is 1.62. The highest BCUT2D eigenvalue weighted by atomic mass is 16.5. The van der Waals surface area contributed by atoms with E-state index in [0.717, 1.165) is 58.1 Å². The van der Waals surface area contributed by atoms with E-state index in [-0.39, 0.29) is 0 Å². The molecule has 1 fully saturated rings. The zero-order chi connectivity index (χ0) is 12.6. The van der Waals surface area contributed by atoms with Gasteiger partial charge in [0.1, 0.15) is 0 Å². The Bertz CT molecular complexity index is 333. The normalized spacial score (nSPS) is 16.7. The van der Waals surface area contributed by atoms with Crippen molar-refractivity contribution < 1.29 is 4.74 Å². The molecule has 0 unspecified atom stereocenters. The quantitative estimate of drug-likeness (QED) is 0.772. The Morgan fingerprint density at radius 2 is 2.17 bits per heavy atom. The third kappa shape index (κ3) is 4.27. The fraction of sp³-hybridized carbons (Fsp3) is 0.643. The van der Waals surface area contributed by atoms with Gasteiger partial charge in [-0.15, -0.1) is 0 Å². The number of nitrogens with one attached hydrogen (secondary N) is 1. The number of nitrogens with zero attached hydrogens (tertiary/aromatic N) is 2. The first-order valence-corrected chi connectivity index (χ1v) is 6.89. The summed E-state index contributed by atoms with van der Waals surface area (Å²) in [6.07, 6.45) is 3.99. The van der Waals surface area contributed by atoms with Gasteiger partial charge in [-0.1, -0.05) is 13.0 Å². The zero-order valence-electron chi connectivity index (χ0n) is 11.2. The van der Waals surface area contributed by atoms with E-state index in [1.165, 1.54) is 5.56 Å². The molecule has 0 radical (unpaired) electrons. The van der Waals surface area contributed by atoms with Gasteiger partial charge in [0.15, 0.2) is 0 Å². The number of piperazine rings is 1. The number of aryl methyl sites for hydroxylation is 1. The van der Waals surface area contributed by atoms with Crippen LogP contribution in [-0.2, 0) is 6.42 Å². The van der Waals surface area contributed by atoms with Crippen molar-refractivity contribution in [2.75, 3.05) is 39.3 Å². The van der Waals surface area contributed by atoms with Gasteiger partial charge in [0.05, 0.1) is 6.61 Å². The van der Waals surface area contributed by atoms with Crippen molar-refractivity contribution in [3.05, 3.63) is 23.9 Å². The lowest BCUT2D eigenvalue weighted by Crippen LogP contribution is -2.43. The molecule has 1 aromatic heterocycles. The zero-order valence-corrected chi connectivity index (χ0v) is 11.2. The molecule has 18 heavy (non-hydrogen) atoms. The van der Waals surface area contributed by atoms with Crippen molar-refractivity contribution >= 4 is 0 Å². The first kappa shape index (κ1) is 13.3. The van der Waals surface area contributed by atoms with E-state index in [1.54, 1.807) is 0 Å². The molecule has 0 atom stereocenters. The van der Waals surface area contributed by atoms with Gasteiger partial charge in [0.2, 0.25) is 5.88 Å². The third-order valence-electron chi connectivity index (χ3n) is 3.28. The van der Waals surface area contributed by atoms with Crippen LogP contribution in [0.4, 0.5) is 0 Å². The molecular weight excluding hydrogens is 226 g/mol. The molecule has 0 bridgehead atoms. The summed E-state index contributed by atoms with van der Waals surface area (Å²) in [7, 11) is 0. The maximum absolute atomic E-state index is 5.64. The Kier molecular flexibility index (Phi) is 5.42. The van der Waals surface area contributed by atoms with Crippen LogP contribution in [0.2, 0.25) is 0 Å². The van der Waals surface area contributed by atoms with Gasteiger partial charge in [-0.25, -0.2) is 4.98 Å². The van der Waals surface area contributed by atoms with Crippen molar-refractivity contribution in [3.63, 3.8) is 0 Å². The standard InChI is InChI=1S/C14H23N3O/c1-2-13-4-5-14(16-12-13)18-11-3-8-17-9-6-15-7-10-17/h4-5,12,15H,2-3,6-11H2,1H3. The van der Waals surface area contributed by atoms with Crippen LogP contribution in [0.5, 0.6) is 5.88 Å². The number of hydrogen-bond donors (Lipinski definition) is 1.